The molecule has 0 saturated heterocycles. The standard InChI is InChI=1S/C22H22ClFN4O2S/c23-20-19(26-21(27-20)15-6-8-16(24)9-7-15)17(28-11-13-31-14-28)4-2-1-3-5-18(29)22-25-10-12-30-22/h6-13,17H,1-5,14H2,(H,26,27)/t17-/m0/s1. The molecule has 0 saturated carbocycles. The van der Waals surface area contributed by atoms with Crippen LogP contribution >= 0.6 is 23.4 Å². The van der Waals surface area contributed by atoms with Gasteiger partial charge in [-0.25, -0.2) is 14.4 Å². The van der Waals surface area contributed by atoms with Gasteiger partial charge in [0.05, 0.1) is 23.8 Å². The monoisotopic (exact) mass is 460 g/mol. The largest absolute Gasteiger partial charge is 0.442 e. The summed E-state index contributed by atoms with van der Waals surface area (Å²) in [6, 6.07) is 6.22. The highest BCUT2D eigenvalue weighted by Crippen LogP contribution is 2.36. The molecule has 0 amide bonds. The number of carbonyl (C=O) groups is 1. The van der Waals surface area contributed by atoms with Crippen molar-refractivity contribution < 1.29 is 13.6 Å². The molecule has 9 heteroatoms. The van der Waals surface area contributed by atoms with Gasteiger partial charge in [-0.05, 0) is 42.5 Å². The quantitative estimate of drug-likeness (QED) is 0.286. The lowest BCUT2D eigenvalue weighted by molar-refractivity contribution is 0.0945. The van der Waals surface area contributed by atoms with E-state index in [0.717, 1.165) is 42.8 Å². The number of nitrogens with zero attached hydrogens (tertiary/aromatic N) is 3. The van der Waals surface area contributed by atoms with E-state index < -0.39 is 0 Å². The second-order valence-electron chi connectivity index (χ2n) is 7.27. The van der Waals surface area contributed by atoms with E-state index >= 15 is 0 Å². The molecule has 6 nitrogen and oxygen atoms in total. The molecule has 0 unspecified atom stereocenters. The zero-order valence-corrected chi connectivity index (χ0v) is 18.3. The molecule has 0 radical (unpaired) electrons. The normalized spacial score (nSPS) is 14.3. The van der Waals surface area contributed by atoms with Crippen LogP contribution in [0.3, 0.4) is 0 Å². The molecule has 0 aliphatic carbocycles. The Balaban J connectivity index is 1.39. The topological polar surface area (TPSA) is 75.0 Å². The predicted molar refractivity (Wildman–Crippen MR) is 119 cm³/mol. The summed E-state index contributed by atoms with van der Waals surface area (Å²) in [6.07, 6.45) is 8.85. The van der Waals surface area contributed by atoms with Crippen LogP contribution in [0.4, 0.5) is 4.39 Å². The van der Waals surface area contributed by atoms with E-state index in [2.05, 4.69) is 31.5 Å². The van der Waals surface area contributed by atoms with Gasteiger partial charge in [-0.15, -0.1) is 11.8 Å². The summed E-state index contributed by atoms with van der Waals surface area (Å²) in [5.74, 6) is 1.28. The first-order chi connectivity index (χ1) is 15.1. The molecule has 1 aliphatic rings. The Morgan fingerprint density at radius 3 is 2.84 bits per heavy atom. The molecule has 0 spiro atoms. The van der Waals surface area contributed by atoms with Gasteiger partial charge in [0.1, 0.15) is 17.9 Å². The fourth-order valence-electron chi connectivity index (χ4n) is 3.56. The molecule has 2 aromatic heterocycles. The summed E-state index contributed by atoms with van der Waals surface area (Å²) in [5.41, 5.74) is 1.63. The first kappa shape index (κ1) is 21.6. The van der Waals surface area contributed by atoms with E-state index in [0.29, 0.717) is 17.4 Å². The minimum absolute atomic E-state index is 0.0443. The molecular formula is C22H22ClFN4O2S. The molecule has 31 heavy (non-hydrogen) atoms. The number of ketones is 1. The van der Waals surface area contributed by atoms with Crippen LogP contribution in [-0.4, -0.2) is 31.5 Å². The number of aromatic amines is 1. The number of hydrogen-bond donors (Lipinski definition) is 1. The number of halogens is 2. The Bertz CT molecular complexity index is 1040. The van der Waals surface area contributed by atoms with Crippen LogP contribution < -0.4 is 0 Å². The third-order valence-electron chi connectivity index (χ3n) is 5.16. The van der Waals surface area contributed by atoms with Crippen LogP contribution in [0.5, 0.6) is 0 Å². The molecule has 0 fully saturated rings. The van der Waals surface area contributed by atoms with Gasteiger partial charge in [-0.3, -0.25) is 4.79 Å². The van der Waals surface area contributed by atoms with Gasteiger partial charge in [0.25, 0.3) is 5.89 Å². The maximum Gasteiger partial charge on any atom is 0.263 e. The van der Waals surface area contributed by atoms with Gasteiger partial charge in [0.2, 0.25) is 5.78 Å². The third-order valence-corrected chi connectivity index (χ3v) is 6.21. The van der Waals surface area contributed by atoms with Crippen molar-refractivity contribution in [2.75, 3.05) is 5.88 Å². The van der Waals surface area contributed by atoms with E-state index in [1.54, 1.807) is 23.9 Å². The summed E-state index contributed by atoms with van der Waals surface area (Å²) in [5, 5.41) is 2.49. The Labute approximate surface area is 188 Å². The molecule has 1 aromatic carbocycles. The minimum Gasteiger partial charge on any atom is -0.442 e. The molecule has 1 atom stereocenters. The first-order valence-electron chi connectivity index (χ1n) is 10.1. The van der Waals surface area contributed by atoms with Crippen LogP contribution in [0.1, 0.15) is 54.5 Å². The van der Waals surface area contributed by atoms with Gasteiger partial charge in [0.15, 0.2) is 5.15 Å². The zero-order valence-electron chi connectivity index (χ0n) is 16.8. The van der Waals surface area contributed by atoms with Crippen LogP contribution in [0.2, 0.25) is 5.15 Å². The molecule has 4 rings (SSSR count). The fourth-order valence-corrected chi connectivity index (χ4v) is 4.59. The van der Waals surface area contributed by atoms with Crippen molar-refractivity contribution in [3.05, 3.63) is 70.9 Å². The second kappa shape index (κ2) is 10.2. The maximum absolute atomic E-state index is 13.2. The number of carbonyl (C=O) groups excluding carboxylic acids is 1. The first-order valence-corrected chi connectivity index (χ1v) is 11.5. The zero-order chi connectivity index (χ0) is 21.6. The summed E-state index contributed by atoms with van der Waals surface area (Å²) in [7, 11) is 0. The molecule has 1 N–H and O–H groups in total. The molecule has 3 aromatic rings. The number of oxazole rings is 1. The van der Waals surface area contributed by atoms with Gasteiger partial charge in [-0.2, -0.15) is 0 Å². The van der Waals surface area contributed by atoms with Gasteiger partial charge in [-0.1, -0.05) is 24.4 Å². The van der Waals surface area contributed by atoms with E-state index in [1.807, 2.05) is 0 Å². The van der Waals surface area contributed by atoms with Gasteiger partial charge < -0.3 is 14.3 Å². The predicted octanol–water partition coefficient (Wildman–Crippen LogP) is 6.21. The van der Waals surface area contributed by atoms with Crippen molar-refractivity contribution in [3.63, 3.8) is 0 Å². The third kappa shape index (κ3) is 5.37. The summed E-state index contributed by atoms with van der Waals surface area (Å²) >= 11 is 8.23. The lowest BCUT2D eigenvalue weighted by atomic mass is 10.0. The maximum atomic E-state index is 13.2. The van der Waals surface area contributed by atoms with Crippen LogP contribution in [-0.2, 0) is 0 Å². The average molecular weight is 461 g/mol. The number of nitrogens with one attached hydrogen (secondary N) is 1. The molecule has 0 bridgehead atoms. The lowest BCUT2D eigenvalue weighted by Crippen LogP contribution is -2.21. The molecular weight excluding hydrogens is 439 g/mol. The minimum atomic E-state index is -0.292. The van der Waals surface area contributed by atoms with Crippen molar-refractivity contribution >= 4 is 29.1 Å². The number of rotatable bonds is 10. The van der Waals surface area contributed by atoms with Crippen molar-refractivity contribution in [2.24, 2.45) is 0 Å². The highest BCUT2D eigenvalue weighted by molar-refractivity contribution is 8.02. The Hall–Kier alpha value is -2.58. The number of Topliss-reactive ketones (excluding diaryl/α,β-unsaturated/α-hetero) is 1. The Morgan fingerprint density at radius 1 is 1.29 bits per heavy atom. The number of benzene rings is 1. The van der Waals surface area contributed by atoms with Crippen molar-refractivity contribution in [2.45, 2.75) is 38.1 Å². The van der Waals surface area contributed by atoms with E-state index in [-0.39, 0.29) is 23.5 Å². The fraction of sp³-hybridized carbons (Fsp3) is 0.318. The summed E-state index contributed by atoms with van der Waals surface area (Å²) < 4.78 is 18.3. The number of hydrogen-bond acceptors (Lipinski definition) is 6. The highest BCUT2D eigenvalue weighted by atomic mass is 35.5. The van der Waals surface area contributed by atoms with Crippen LogP contribution in [0.25, 0.3) is 11.4 Å². The lowest BCUT2D eigenvalue weighted by Gasteiger charge is -2.26. The number of aromatic nitrogens is 3. The van der Waals surface area contributed by atoms with E-state index in [4.69, 9.17) is 16.0 Å². The summed E-state index contributed by atoms with van der Waals surface area (Å²) in [4.78, 5) is 25.9. The van der Waals surface area contributed by atoms with Crippen molar-refractivity contribution in [1.29, 1.82) is 0 Å². The van der Waals surface area contributed by atoms with Crippen molar-refractivity contribution in [3.8, 4) is 11.4 Å². The van der Waals surface area contributed by atoms with Crippen LogP contribution in [0, 0.1) is 5.82 Å². The Kier molecular flexibility index (Phi) is 7.09. The van der Waals surface area contributed by atoms with Crippen molar-refractivity contribution in [1.82, 2.24) is 19.9 Å². The number of thioether (sulfide) groups is 1. The highest BCUT2D eigenvalue weighted by Gasteiger charge is 2.25. The van der Waals surface area contributed by atoms with Gasteiger partial charge >= 0.3 is 0 Å². The molecule has 3 heterocycles. The number of H-pyrrole nitrogens is 1. The number of imidazole rings is 1. The number of unbranched alkanes of at least 4 members (excludes halogenated alkanes) is 2. The second-order valence-corrected chi connectivity index (χ2v) is 8.49. The van der Waals surface area contributed by atoms with E-state index in [9.17, 15) is 9.18 Å². The van der Waals surface area contributed by atoms with E-state index in [1.165, 1.54) is 24.6 Å². The molecule has 1 aliphatic heterocycles. The smallest absolute Gasteiger partial charge is 0.263 e. The van der Waals surface area contributed by atoms with Crippen LogP contribution in [0.15, 0.2) is 52.8 Å². The van der Waals surface area contributed by atoms with Gasteiger partial charge in [0, 0.05) is 18.2 Å². The Morgan fingerprint density at radius 2 is 2.13 bits per heavy atom. The summed E-state index contributed by atoms with van der Waals surface area (Å²) in [6.45, 7) is 0. The SMILES string of the molecule is O=C(CCCCC[C@@H](c1[nH]c(-c2ccc(F)cc2)nc1Cl)N1C=CSC1)c1ncco1. The average Bonchev–Trinajstić information content (AvgIpc) is 3.53. The molecule has 162 valence electrons.